The zero-order valence-electron chi connectivity index (χ0n) is 10.1. The average molecular weight is 234 g/mol. The van der Waals surface area contributed by atoms with Crippen molar-refractivity contribution in [2.24, 2.45) is 0 Å². The summed E-state index contributed by atoms with van der Waals surface area (Å²) < 4.78 is 22.2. The molecular formula is C10H22O4Si. The van der Waals surface area contributed by atoms with Crippen LogP contribution in [-0.2, 0) is 18.3 Å². The van der Waals surface area contributed by atoms with E-state index in [1.165, 1.54) is 0 Å². The Hall–Kier alpha value is 0.0569. The number of hydrogen-bond donors (Lipinski definition) is 0. The molecule has 15 heavy (non-hydrogen) atoms. The second-order valence-corrected chi connectivity index (χ2v) is 7.55. The van der Waals surface area contributed by atoms with Crippen LogP contribution in [0.3, 0.4) is 0 Å². The Morgan fingerprint density at radius 2 is 1.93 bits per heavy atom. The van der Waals surface area contributed by atoms with E-state index in [0.29, 0.717) is 12.7 Å². The van der Waals surface area contributed by atoms with Gasteiger partial charge in [-0.25, -0.2) is 0 Å². The minimum Gasteiger partial charge on any atom is -0.396 e. The zero-order chi connectivity index (χ0) is 11.3. The van der Waals surface area contributed by atoms with Crippen molar-refractivity contribution in [1.29, 1.82) is 0 Å². The maximum Gasteiger partial charge on any atom is 0.367 e. The van der Waals surface area contributed by atoms with Crippen LogP contribution in [0.25, 0.3) is 0 Å². The summed E-state index contributed by atoms with van der Waals surface area (Å²) in [4.78, 5) is 0. The van der Waals surface area contributed by atoms with E-state index in [0.717, 1.165) is 19.1 Å². The molecule has 90 valence electrons. The van der Waals surface area contributed by atoms with Crippen molar-refractivity contribution in [3.63, 3.8) is 0 Å². The first kappa shape index (κ1) is 13.1. The van der Waals surface area contributed by atoms with E-state index in [1.54, 1.807) is 14.2 Å². The highest BCUT2D eigenvalue weighted by Gasteiger charge is 2.43. The Morgan fingerprint density at radius 3 is 2.27 bits per heavy atom. The van der Waals surface area contributed by atoms with Crippen molar-refractivity contribution in [3.8, 4) is 0 Å². The van der Waals surface area contributed by atoms with E-state index < -0.39 is 8.56 Å². The van der Waals surface area contributed by atoms with Crippen LogP contribution in [0.15, 0.2) is 0 Å². The molecule has 0 aromatic rings. The molecule has 0 radical (unpaired) electrons. The summed E-state index contributed by atoms with van der Waals surface area (Å²) in [6.07, 6.45) is 1.23. The summed E-state index contributed by atoms with van der Waals surface area (Å²) in [6.45, 7) is 5.70. The first-order chi connectivity index (χ1) is 7.22. The topological polar surface area (TPSA) is 40.2 Å². The van der Waals surface area contributed by atoms with Gasteiger partial charge in [0.15, 0.2) is 0 Å². The predicted octanol–water partition coefficient (Wildman–Crippen LogP) is 1.47. The molecule has 0 aromatic carbocycles. The molecule has 5 heteroatoms. The minimum absolute atomic E-state index is 0.0988. The van der Waals surface area contributed by atoms with E-state index in [2.05, 4.69) is 13.8 Å². The highest BCUT2D eigenvalue weighted by molar-refractivity contribution is 6.68. The lowest BCUT2D eigenvalue weighted by Gasteiger charge is -2.33. The molecule has 1 fully saturated rings. The second kappa shape index (κ2) is 5.96. The molecule has 1 saturated heterocycles. The van der Waals surface area contributed by atoms with Gasteiger partial charge in [-0.05, 0) is 12.5 Å². The van der Waals surface area contributed by atoms with Crippen molar-refractivity contribution in [1.82, 2.24) is 0 Å². The van der Waals surface area contributed by atoms with Crippen LogP contribution in [-0.4, -0.2) is 47.8 Å². The Labute approximate surface area is 93.1 Å². The van der Waals surface area contributed by atoms with Crippen molar-refractivity contribution in [2.75, 3.05) is 27.4 Å². The molecular weight excluding hydrogens is 212 g/mol. The molecule has 0 bridgehead atoms. The van der Waals surface area contributed by atoms with Gasteiger partial charge in [-0.3, -0.25) is 0 Å². The normalized spacial score (nSPS) is 22.8. The molecule has 0 amide bonds. The molecule has 1 heterocycles. The minimum atomic E-state index is -2.16. The van der Waals surface area contributed by atoms with Crippen molar-refractivity contribution >= 4 is 8.56 Å². The van der Waals surface area contributed by atoms with Gasteiger partial charge in [0.2, 0.25) is 0 Å². The molecule has 2 atom stereocenters. The Balaban J connectivity index is 2.50. The van der Waals surface area contributed by atoms with Crippen LogP contribution >= 0.6 is 0 Å². The van der Waals surface area contributed by atoms with Crippen LogP contribution in [0.5, 0.6) is 0 Å². The summed E-state index contributed by atoms with van der Waals surface area (Å²) in [5.74, 6) is 0. The van der Waals surface area contributed by atoms with Gasteiger partial charge in [0.25, 0.3) is 0 Å². The number of ether oxygens (including phenoxy) is 2. The summed E-state index contributed by atoms with van der Waals surface area (Å²) in [6, 6.07) is 0.907. The highest BCUT2D eigenvalue weighted by atomic mass is 28.4. The van der Waals surface area contributed by atoms with Crippen molar-refractivity contribution in [3.05, 3.63) is 0 Å². The third-order valence-corrected chi connectivity index (χ3v) is 6.85. The second-order valence-electron chi connectivity index (χ2n) is 3.76. The maximum absolute atomic E-state index is 5.84. The number of epoxide rings is 1. The molecule has 1 rings (SSSR count). The number of hydrogen-bond acceptors (Lipinski definition) is 4. The third-order valence-electron chi connectivity index (χ3n) is 2.93. The maximum atomic E-state index is 5.84. The molecule has 0 aromatic heterocycles. The highest BCUT2D eigenvalue weighted by Crippen LogP contribution is 2.23. The largest absolute Gasteiger partial charge is 0.396 e. The van der Waals surface area contributed by atoms with Crippen LogP contribution in [0.4, 0.5) is 0 Å². The lowest BCUT2D eigenvalue weighted by Crippen LogP contribution is -2.53. The van der Waals surface area contributed by atoms with Gasteiger partial charge < -0.3 is 18.3 Å². The molecule has 0 spiro atoms. The molecule has 2 unspecified atom stereocenters. The van der Waals surface area contributed by atoms with Gasteiger partial charge in [0.1, 0.15) is 11.8 Å². The first-order valence-corrected chi connectivity index (χ1v) is 7.66. The fourth-order valence-corrected chi connectivity index (χ4v) is 4.50. The lowest BCUT2D eigenvalue weighted by atomic mass is 10.5. The Morgan fingerprint density at radius 1 is 1.33 bits per heavy atom. The van der Waals surface area contributed by atoms with Crippen molar-refractivity contribution in [2.45, 2.75) is 38.1 Å². The van der Waals surface area contributed by atoms with Crippen molar-refractivity contribution < 1.29 is 18.3 Å². The molecule has 1 aliphatic heterocycles. The molecule has 1 aliphatic rings. The van der Waals surface area contributed by atoms with E-state index in [4.69, 9.17) is 18.3 Å². The van der Waals surface area contributed by atoms with Gasteiger partial charge in [0.05, 0.1) is 13.2 Å². The monoisotopic (exact) mass is 234 g/mol. The van der Waals surface area contributed by atoms with Gasteiger partial charge in [-0.1, -0.05) is 13.8 Å². The smallest absolute Gasteiger partial charge is 0.367 e. The van der Waals surface area contributed by atoms with Gasteiger partial charge in [-0.2, -0.15) is 0 Å². The van der Waals surface area contributed by atoms with Crippen LogP contribution in [0, 0.1) is 0 Å². The molecule has 0 saturated carbocycles. The van der Waals surface area contributed by atoms with Crippen LogP contribution in [0.2, 0.25) is 6.04 Å². The standard InChI is InChI=1S/C10H22O4Si/c1-5-10(14-8-9-7-13-9)15(6-2,11-3)12-4/h9-10H,5-8H2,1-4H3. The van der Waals surface area contributed by atoms with Gasteiger partial charge in [-0.15, -0.1) is 0 Å². The molecule has 0 aliphatic carbocycles. The zero-order valence-corrected chi connectivity index (χ0v) is 11.1. The average Bonchev–Trinajstić information content (AvgIpc) is 3.09. The fraction of sp³-hybridized carbons (Fsp3) is 1.00. The van der Waals surface area contributed by atoms with E-state index in [9.17, 15) is 0 Å². The first-order valence-electron chi connectivity index (χ1n) is 5.55. The van der Waals surface area contributed by atoms with Gasteiger partial charge >= 0.3 is 8.56 Å². The lowest BCUT2D eigenvalue weighted by molar-refractivity contribution is 0.0466. The van der Waals surface area contributed by atoms with Crippen LogP contribution in [0.1, 0.15) is 20.3 Å². The van der Waals surface area contributed by atoms with E-state index in [1.807, 2.05) is 0 Å². The summed E-state index contributed by atoms with van der Waals surface area (Å²) in [7, 11) is 1.28. The summed E-state index contributed by atoms with van der Waals surface area (Å²) in [5, 5.41) is 0. The summed E-state index contributed by atoms with van der Waals surface area (Å²) >= 11 is 0. The fourth-order valence-electron chi connectivity index (χ4n) is 1.81. The molecule has 4 nitrogen and oxygen atoms in total. The predicted molar refractivity (Wildman–Crippen MR) is 60.0 cm³/mol. The van der Waals surface area contributed by atoms with Gasteiger partial charge in [0, 0.05) is 14.2 Å². The SMILES string of the molecule is CCC(OCC1CO1)[Si](CC)(OC)OC. The van der Waals surface area contributed by atoms with E-state index >= 15 is 0 Å². The third kappa shape index (κ3) is 3.25. The molecule has 0 N–H and O–H groups in total. The quantitative estimate of drug-likeness (QED) is 0.471. The van der Waals surface area contributed by atoms with E-state index in [-0.39, 0.29) is 5.73 Å². The Kier molecular flexibility index (Phi) is 5.21. The Bertz CT molecular complexity index is 172. The number of rotatable bonds is 8. The van der Waals surface area contributed by atoms with Crippen LogP contribution < -0.4 is 0 Å². The summed E-state index contributed by atoms with van der Waals surface area (Å²) in [5.41, 5.74) is 0.0988.